The molecule has 1 saturated heterocycles. The van der Waals surface area contributed by atoms with Crippen molar-refractivity contribution in [2.24, 2.45) is 5.92 Å². The lowest BCUT2D eigenvalue weighted by Gasteiger charge is -2.22. The van der Waals surface area contributed by atoms with Gasteiger partial charge in [0.05, 0.1) is 5.56 Å². The molecular formula is C23H29FN4O3. The highest BCUT2D eigenvalue weighted by Crippen LogP contribution is 2.17. The Kier molecular flexibility index (Phi) is 7.94. The van der Waals surface area contributed by atoms with E-state index in [1.807, 2.05) is 0 Å². The van der Waals surface area contributed by atoms with Crippen LogP contribution in [-0.4, -0.2) is 48.4 Å². The van der Waals surface area contributed by atoms with Crippen LogP contribution in [0.1, 0.15) is 52.0 Å². The molecule has 0 atom stereocenters. The molecule has 2 aromatic rings. The second-order valence-electron chi connectivity index (χ2n) is 8.01. The third kappa shape index (κ3) is 6.49. The highest BCUT2D eigenvalue weighted by molar-refractivity contribution is 5.99. The van der Waals surface area contributed by atoms with Crippen molar-refractivity contribution in [3.05, 3.63) is 69.4 Å². The standard InChI is InChI=1S/C23H29FN4O3/c1-28(15-17-4-6-19(24)7-5-17)23(31)20-13-18(14-27-22(20)30)21(29)26-10-2-3-16-8-11-25-12-9-16/h4-7,13-14,16,25H,2-3,8-12,15H2,1H3,(H,26,29)(H,27,30). The van der Waals surface area contributed by atoms with Crippen molar-refractivity contribution < 1.29 is 14.0 Å². The van der Waals surface area contributed by atoms with Crippen molar-refractivity contribution >= 4 is 11.8 Å². The van der Waals surface area contributed by atoms with E-state index < -0.39 is 11.5 Å². The number of hydrogen-bond donors (Lipinski definition) is 3. The number of nitrogens with zero attached hydrogens (tertiary/aromatic N) is 1. The highest BCUT2D eigenvalue weighted by Gasteiger charge is 2.19. The van der Waals surface area contributed by atoms with Crippen LogP contribution in [0.2, 0.25) is 0 Å². The van der Waals surface area contributed by atoms with Gasteiger partial charge < -0.3 is 20.5 Å². The quantitative estimate of drug-likeness (QED) is 0.563. The van der Waals surface area contributed by atoms with Crippen molar-refractivity contribution in [2.75, 3.05) is 26.7 Å². The van der Waals surface area contributed by atoms with Gasteiger partial charge in [-0.1, -0.05) is 12.1 Å². The Morgan fingerprint density at radius 1 is 1.19 bits per heavy atom. The second-order valence-corrected chi connectivity index (χ2v) is 8.01. The van der Waals surface area contributed by atoms with E-state index in [0.717, 1.165) is 31.5 Å². The molecule has 0 aliphatic carbocycles. The minimum Gasteiger partial charge on any atom is -0.352 e. The molecule has 3 rings (SSSR count). The van der Waals surface area contributed by atoms with E-state index in [0.29, 0.717) is 12.5 Å². The van der Waals surface area contributed by atoms with Crippen molar-refractivity contribution in [2.45, 2.75) is 32.2 Å². The summed E-state index contributed by atoms with van der Waals surface area (Å²) in [6.07, 6.45) is 5.63. The summed E-state index contributed by atoms with van der Waals surface area (Å²) >= 11 is 0. The zero-order chi connectivity index (χ0) is 22.2. The molecule has 8 heteroatoms. The molecule has 1 aromatic carbocycles. The van der Waals surface area contributed by atoms with Gasteiger partial charge in [0.2, 0.25) is 0 Å². The van der Waals surface area contributed by atoms with Gasteiger partial charge in [-0.05, 0) is 68.5 Å². The molecule has 0 saturated carbocycles. The largest absolute Gasteiger partial charge is 0.352 e. The van der Waals surface area contributed by atoms with Gasteiger partial charge in [0.1, 0.15) is 11.4 Å². The molecule has 1 aliphatic heterocycles. The number of hydrogen-bond acceptors (Lipinski definition) is 4. The summed E-state index contributed by atoms with van der Waals surface area (Å²) in [5, 5.41) is 6.20. The summed E-state index contributed by atoms with van der Waals surface area (Å²) in [5.41, 5.74) is 0.307. The first kappa shape index (κ1) is 22.7. The van der Waals surface area contributed by atoms with Crippen LogP contribution in [0.3, 0.4) is 0 Å². The monoisotopic (exact) mass is 428 g/mol. The smallest absolute Gasteiger partial charge is 0.260 e. The number of amides is 2. The van der Waals surface area contributed by atoms with Gasteiger partial charge in [-0.2, -0.15) is 0 Å². The molecule has 1 fully saturated rings. The molecule has 31 heavy (non-hydrogen) atoms. The van der Waals surface area contributed by atoms with Crippen LogP contribution in [0, 0.1) is 11.7 Å². The van der Waals surface area contributed by atoms with Crippen LogP contribution in [0.5, 0.6) is 0 Å². The maximum Gasteiger partial charge on any atom is 0.260 e. The molecule has 2 amide bonds. The maximum absolute atomic E-state index is 13.1. The number of nitrogens with one attached hydrogen (secondary N) is 3. The van der Waals surface area contributed by atoms with E-state index in [1.165, 1.54) is 42.1 Å². The number of halogens is 1. The van der Waals surface area contributed by atoms with Crippen LogP contribution in [0.25, 0.3) is 0 Å². The number of carbonyl (C=O) groups is 2. The molecule has 0 radical (unpaired) electrons. The van der Waals surface area contributed by atoms with E-state index in [1.54, 1.807) is 19.2 Å². The lowest BCUT2D eigenvalue weighted by molar-refractivity contribution is 0.0783. The molecule has 0 bridgehead atoms. The first-order valence-corrected chi connectivity index (χ1v) is 10.7. The Hall–Kier alpha value is -3.00. The number of H-pyrrole nitrogens is 1. The van der Waals surface area contributed by atoms with Gasteiger partial charge in [-0.3, -0.25) is 14.4 Å². The van der Waals surface area contributed by atoms with Gasteiger partial charge in [-0.15, -0.1) is 0 Å². The van der Waals surface area contributed by atoms with Gasteiger partial charge >= 0.3 is 0 Å². The SMILES string of the molecule is CN(Cc1ccc(F)cc1)C(=O)c1cc(C(=O)NCCCC2CCNCC2)c[nH]c1=O. The summed E-state index contributed by atoms with van der Waals surface area (Å²) in [4.78, 5) is 41.2. The zero-order valence-corrected chi connectivity index (χ0v) is 17.7. The third-order valence-corrected chi connectivity index (χ3v) is 5.61. The fourth-order valence-electron chi connectivity index (χ4n) is 3.78. The highest BCUT2D eigenvalue weighted by atomic mass is 19.1. The molecule has 3 N–H and O–H groups in total. The fraction of sp³-hybridized carbons (Fsp3) is 0.435. The number of aromatic nitrogens is 1. The fourth-order valence-corrected chi connectivity index (χ4v) is 3.78. The Bertz CT molecular complexity index is 952. The first-order valence-electron chi connectivity index (χ1n) is 10.7. The van der Waals surface area contributed by atoms with Gasteiger partial charge in [0, 0.05) is 26.3 Å². The average molecular weight is 429 g/mol. The van der Waals surface area contributed by atoms with Crippen molar-refractivity contribution in [1.82, 2.24) is 20.5 Å². The van der Waals surface area contributed by atoms with Gasteiger partial charge in [0.25, 0.3) is 17.4 Å². The Labute approximate surface area is 181 Å². The van der Waals surface area contributed by atoms with Crippen molar-refractivity contribution in [3.63, 3.8) is 0 Å². The van der Waals surface area contributed by atoms with Crippen LogP contribution in [0.4, 0.5) is 4.39 Å². The predicted octanol–water partition coefficient (Wildman–Crippen LogP) is 2.30. The molecule has 166 valence electrons. The molecule has 7 nitrogen and oxygen atoms in total. The Morgan fingerprint density at radius 2 is 1.90 bits per heavy atom. The molecule has 0 spiro atoms. The summed E-state index contributed by atoms with van der Waals surface area (Å²) in [6.45, 7) is 2.88. The molecular weight excluding hydrogens is 399 g/mol. The van der Waals surface area contributed by atoms with Gasteiger partial charge in [-0.25, -0.2) is 4.39 Å². The van der Waals surface area contributed by atoms with Gasteiger partial charge in [0.15, 0.2) is 0 Å². The zero-order valence-electron chi connectivity index (χ0n) is 17.7. The number of piperidine rings is 1. The predicted molar refractivity (Wildman–Crippen MR) is 116 cm³/mol. The van der Waals surface area contributed by atoms with Crippen molar-refractivity contribution in [1.29, 1.82) is 0 Å². The van der Waals surface area contributed by atoms with E-state index >= 15 is 0 Å². The van der Waals surface area contributed by atoms with Crippen LogP contribution in [0.15, 0.2) is 41.3 Å². The normalized spacial score (nSPS) is 14.3. The minimum atomic E-state index is -0.557. The Morgan fingerprint density at radius 3 is 2.61 bits per heavy atom. The third-order valence-electron chi connectivity index (χ3n) is 5.61. The first-order chi connectivity index (χ1) is 14.9. The molecule has 2 heterocycles. The average Bonchev–Trinajstić information content (AvgIpc) is 2.78. The number of carbonyl (C=O) groups excluding carboxylic acids is 2. The summed E-state index contributed by atoms with van der Waals surface area (Å²) in [6, 6.07) is 7.12. The van der Waals surface area contributed by atoms with E-state index in [2.05, 4.69) is 15.6 Å². The summed E-state index contributed by atoms with van der Waals surface area (Å²) < 4.78 is 13.1. The van der Waals surface area contributed by atoms with E-state index in [9.17, 15) is 18.8 Å². The molecule has 1 aromatic heterocycles. The lowest BCUT2D eigenvalue weighted by atomic mass is 9.93. The van der Waals surface area contributed by atoms with E-state index in [4.69, 9.17) is 0 Å². The second kappa shape index (κ2) is 10.9. The van der Waals surface area contributed by atoms with E-state index in [-0.39, 0.29) is 29.4 Å². The summed E-state index contributed by atoms with van der Waals surface area (Å²) in [5.74, 6) is -0.487. The number of pyridine rings is 1. The Balaban J connectivity index is 1.56. The van der Waals surface area contributed by atoms with Crippen LogP contribution in [-0.2, 0) is 6.54 Å². The molecule has 1 aliphatic rings. The van der Waals surface area contributed by atoms with Crippen molar-refractivity contribution in [3.8, 4) is 0 Å². The number of rotatable bonds is 8. The summed E-state index contributed by atoms with van der Waals surface area (Å²) in [7, 11) is 1.55. The lowest BCUT2D eigenvalue weighted by Crippen LogP contribution is -2.33. The number of aromatic amines is 1. The minimum absolute atomic E-state index is 0.105. The number of benzene rings is 1. The maximum atomic E-state index is 13.1. The molecule has 0 unspecified atom stereocenters. The van der Waals surface area contributed by atoms with Crippen LogP contribution < -0.4 is 16.2 Å². The topological polar surface area (TPSA) is 94.3 Å². The van der Waals surface area contributed by atoms with Crippen LogP contribution >= 0.6 is 0 Å².